The second-order valence-electron chi connectivity index (χ2n) is 24.1. The maximum atomic E-state index is 8.54. The molecule has 6 nitrogen and oxygen atoms in total. The minimum absolute atomic E-state index is 0.0442. The smallest absolute Gasteiger partial charge is 0.399 e. The van der Waals surface area contributed by atoms with Crippen molar-refractivity contribution in [1.29, 1.82) is 0 Å². The van der Waals surface area contributed by atoms with Crippen molar-refractivity contribution in [3.8, 4) is 66.8 Å². The van der Waals surface area contributed by atoms with Gasteiger partial charge >= 0.3 is 21.4 Å². The Kier molecular flexibility index (Phi) is 14.8. The molecule has 0 aromatic heterocycles. The molecule has 0 spiro atoms. The van der Waals surface area contributed by atoms with Crippen LogP contribution in [0.15, 0.2) is 236 Å². The van der Waals surface area contributed by atoms with Crippen LogP contribution in [0.5, 0.6) is 0 Å². The van der Waals surface area contributed by atoms with Gasteiger partial charge in [-0.2, -0.15) is 0 Å². The molecule has 408 valence electrons. The van der Waals surface area contributed by atoms with Crippen LogP contribution in [0.4, 0.5) is 0 Å². The van der Waals surface area contributed by atoms with Crippen LogP contribution >= 0.6 is 0 Å². The molecule has 3 aliphatic heterocycles. The molecule has 0 N–H and O–H groups in total. The average molecular weight is 1070 g/mol. The van der Waals surface area contributed by atoms with E-state index < -0.39 is 18.3 Å². The molecule has 0 radical (unpaired) electrons. The molecule has 0 atom stereocenters. The Bertz CT molecular complexity index is 3690. The number of hydrogen-bond donors (Lipinski definition) is 0. The SMILES string of the molecule is CC1(C)OB(c2ccc(-c3ccc(-c4ccccc4)cc3)cc2)OC1(C)C.CC1(C)OB(c2cccc(-c3ccc(-c4ccccc4)cc3)c2)OC1(C)C.[2H]c1c([2H])c(-c2ccc(B3OC(C)(C)C(C)(C)O3)cc2)c([2H])c([2H])c1-c1ccccc1. The Morgan fingerprint density at radius 3 is 0.728 bits per heavy atom. The summed E-state index contributed by atoms with van der Waals surface area (Å²) in [4.78, 5) is 0. The third kappa shape index (κ3) is 12.7. The van der Waals surface area contributed by atoms with E-state index in [9.17, 15) is 0 Å². The first-order valence-corrected chi connectivity index (χ1v) is 28.1. The van der Waals surface area contributed by atoms with Gasteiger partial charge in [0, 0.05) is 0 Å². The van der Waals surface area contributed by atoms with Crippen LogP contribution in [0.3, 0.4) is 0 Å². The van der Waals surface area contributed by atoms with Crippen molar-refractivity contribution in [3.63, 3.8) is 0 Å². The van der Waals surface area contributed by atoms with Crippen molar-refractivity contribution in [3.05, 3.63) is 236 Å². The van der Waals surface area contributed by atoms with Crippen molar-refractivity contribution < 1.29 is 33.4 Å². The average Bonchev–Trinajstić information content (AvgIpc) is 4.21. The van der Waals surface area contributed by atoms with E-state index in [1.165, 1.54) is 44.5 Å². The number of hydrogen-bond acceptors (Lipinski definition) is 6. The van der Waals surface area contributed by atoms with E-state index in [1.807, 2.05) is 70.2 Å². The van der Waals surface area contributed by atoms with Gasteiger partial charge in [-0.15, -0.1) is 0 Å². The van der Waals surface area contributed by atoms with Gasteiger partial charge in [-0.05, 0) is 166 Å². The summed E-state index contributed by atoms with van der Waals surface area (Å²) in [6, 6.07) is 71.4. The largest absolute Gasteiger partial charge is 0.494 e. The lowest BCUT2D eigenvalue weighted by Crippen LogP contribution is -2.41. The summed E-state index contributed by atoms with van der Waals surface area (Å²) >= 11 is 0. The predicted molar refractivity (Wildman–Crippen MR) is 339 cm³/mol. The zero-order valence-electron chi connectivity index (χ0n) is 52.9. The third-order valence-corrected chi connectivity index (χ3v) is 16.9. The maximum Gasteiger partial charge on any atom is 0.494 e. The van der Waals surface area contributed by atoms with Crippen LogP contribution in [0.2, 0.25) is 0 Å². The van der Waals surface area contributed by atoms with Crippen LogP contribution < -0.4 is 16.4 Å². The summed E-state index contributed by atoms with van der Waals surface area (Å²) in [6.45, 7) is 24.6. The molecule has 0 amide bonds. The lowest BCUT2D eigenvalue weighted by Gasteiger charge is -2.32. The number of rotatable bonds is 9. The van der Waals surface area contributed by atoms with E-state index in [2.05, 4.69) is 201 Å². The van der Waals surface area contributed by atoms with E-state index >= 15 is 0 Å². The molecule has 3 aliphatic rings. The standard InChI is InChI=1S/3C24H25BO2/c1-23(2)24(3,4)27-25(26-23)22-12-8-11-21(17-22)20-15-13-19(14-16-20)18-9-6-5-7-10-18;2*1-23(2)24(3,4)27-25(26-23)22-16-14-21(15-17-22)20-12-10-19(11-13-20)18-8-6-5-7-9-18/h3*5-17H,1-4H3/i;10D,11D,12D,13D;. The second-order valence-corrected chi connectivity index (χ2v) is 24.1. The van der Waals surface area contributed by atoms with Crippen molar-refractivity contribution in [1.82, 2.24) is 0 Å². The molecule has 3 saturated heterocycles. The van der Waals surface area contributed by atoms with Gasteiger partial charge in [-0.1, -0.05) is 236 Å². The lowest BCUT2D eigenvalue weighted by molar-refractivity contribution is 0.00578. The molecule has 12 rings (SSSR count). The molecule has 9 aromatic rings. The molecular formula is C72H75B3O6. The van der Waals surface area contributed by atoms with Crippen LogP contribution in [0, 0.1) is 0 Å². The normalized spacial score (nSPS) is 18.5. The predicted octanol–water partition coefficient (Wildman–Crippen LogP) is 16.0. The summed E-state index contributed by atoms with van der Waals surface area (Å²) in [5, 5.41) is 0. The fraction of sp³-hybridized carbons (Fsp3) is 0.250. The minimum Gasteiger partial charge on any atom is -0.399 e. The monoisotopic (exact) mass is 1070 g/mol. The highest BCUT2D eigenvalue weighted by molar-refractivity contribution is 6.63. The Labute approximate surface area is 488 Å². The molecular weight excluding hydrogens is 993 g/mol. The van der Waals surface area contributed by atoms with E-state index in [-0.39, 0.29) is 66.4 Å². The Balaban J connectivity index is 0.000000142. The summed E-state index contributed by atoms with van der Waals surface area (Å²) in [5.74, 6) is 0. The zero-order chi connectivity index (χ0) is 60.7. The van der Waals surface area contributed by atoms with Crippen molar-refractivity contribution in [2.24, 2.45) is 0 Å². The van der Waals surface area contributed by atoms with Crippen LogP contribution in [0.1, 0.15) is 88.6 Å². The molecule has 0 bridgehead atoms. The van der Waals surface area contributed by atoms with Crippen LogP contribution in [-0.4, -0.2) is 55.0 Å². The first kappa shape index (κ1) is 52.0. The van der Waals surface area contributed by atoms with Gasteiger partial charge in [0.1, 0.15) is 0 Å². The van der Waals surface area contributed by atoms with Gasteiger partial charge in [0.25, 0.3) is 0 Å². The fourth-order valence-corrected chi connectivity index (χ4v) is 9.62. The lowest BCUT2D eigenvalue weighted by atomic mass is 9.78. The van der Waals surface area contributed by atoms with Gasteiger partial charge in [-0.3, -0.25) is 0 Å². The zero-order valence-corrected chi connectivity index (χ0v) is 48.9. The maximum absolute atomic E-state index is 8.54. The van der Waals surface area contributed by atoms with E-state index in [1.54, 1.807) is 24.3 Å². The minimum atomic E-state index is -0.496. The second kappa shape index (κ2) is 23.1. The van der Waals surface area contributed by atoms with Crippen LogP contribution in [-0.2, 0) is 27.9 Å². The first-order valence-electron chi connectivity index (χ1n) is 30.1. The summed E-state index contributed by atoms with van der Waals surface area (Å²) in [6.07, 6.45) is 0. The van der Waals surface area contributed by atoms with Crippen LogP contribution in [0.25, 0.3) is 66.8 Å². The molecule has 81 heavy (non-hydrogen) atoms. The van der Waals surface area contributed by atoms with E-state index in [0.29, 0.717) is 16.7 Å². The van der Waals surface area contributed by atoms with Crippen molar-refractivity contribution in [2.45, 2.75) is 117 Å². The van der Waals surface area contributed by atoms with Gasteiger partial charge in [-0.25, -0.2) is 0 Å². The van der Waals surface area contributed by atoms with Crippen molar-refractivity contribution >= 4 is 37.7 Å². The molecule has 9 heteroatoms. The van der Waals surface area contributed by atoms with Gasteiger partial charge < -0.3 is 27.9 Å². The van der Waals surface area contributed by atoms with Gasteiger partial charge in [0.15, 0.2) is 0 Å². The molecule has 0 unspecified atom stereocenters. The molecule has 9 aromatic carbocycles. The van der Waals surface area contributed by atoms with Gasteiger partial charge in [0.2, 0.25) is 0 Å². The fourth-order valence-electron chi connectivity index (χ4n) is 9.62. The highest BCUT2D eigenvalue weighted by Crippen LogP contribution is 2.39. The number of benzene rings is 9. The first-order chi connectivity index (χ1) is 40.2. The highest BCUT2D eigenvalue weighted by Gasteiger charge is 2.53. The van der Waals surface area contributed by atoms with Crippen molar-refractivity contribution in [2.75, 3.05) is 0 Å². The Hall–Kier alpha value is -7.07. The molecule has 3 heterocycles. The Morgan fingerprint density at radius 1 is 0.222 bits per heavy atom. The topological polar surface area (TPSA) is 55.4 Å². The van der Waals surface area contributed by atoms with E-state index in [4.69, 9.17) is 33.4 Å². The summed E-state index contributed by atoms with van der Waals surface area (Å²) in [7, 11) is -1.15. The highest BCUT2D eigenvalue weighted by atomic mass is 16.7. The van der Waals surface area contributed by atoms with E-state index in [0.717, 1.165) is 16.4 Å². The molecule has 3 fully saturated rings. The summed E-state index contributed by atoms with van der Waals surface area (Å²) < 4.78 is 70.9. The van der Waals surface area contributed by atoms with Gasteiger partial charge in [0.05, 0.1) is 39.1 Å². The summed E-state index contributed by atoms with van der Waals surface area (Å²) in [5.41, 5.74) is 12.4. The quantitative estimate of drug-likeness (QED) is 0.134. The molecule has 0 saturated carbocycles. The Morgan fingerprint density at radius 2 is 0.432 bits per heavy atom. The third-order valence-electron chi connectivity index (χ3n) is 16.9. The molecule has 0 aliphatic carbocycles.